The standard InChI is InChI=1S/C25H30N4O3/c26-24(31)22(15-18-7-3-1-4-8-18)29-14-12-20-17-28(13-11-19(20)16-23(29)30)25(32)27-21-9-5-2-6-10-21/h1-10,19-20,22H,11-17H2,(H2,26,31)(H,27,32)/t19-,20-,22-/m0/s1. The summed E-state index contributed by atoms with van der Waals surface area (Å²) in [7, 11) is 0. The number of para-hydroxylation sites is 1. The molecule has 2 aromatic carbocycles. The number of carbonyl (C=O) groups is 3. The number of nitrogens with zero attached hydrogens (tertiary/aromatic N) is 2. The van der Waals surface area contributed by atoms with Crippen molar-refractivity contribution in [2.75, 3.05) is 25.0 Å². The molecule has 32 heavy (non-hydrogen) atoms. The van der Waals surface area contributed by atoms with Gasteiger partial charge in [0, 0.05) is 38.2 Å². The maximum atomic E-state index is 13.1. The van der Waals surface area contributed by atoms with Gasteiger partial charge in [0.05, 0.1) is 0 Å². The first-order valence-electron chi connectivity index (χ1n) is 11.2. The molecule has 3 atom stereocenters. The van der Waals surface area contributed by atoms with E-state index in [1.54, 1.807) is 4.90 Å². The average Bonchev–Trinajstić information content (AvgIpc) is 2.96. The summed E-state index contributed by atoms with van der Waals surface area (Å²) in [6, 6.07) is 18.3. The minimum atomic E-state index is -0.650. The van der Waals surface area contributed by atoms with Crippen LogP contribution in [0.3, 0.4) is 0 Å². The van der Waals surface area contributed by atoms with Crippen LogP contribution < -0.4 is 11.1 Å². The summed E-state index contributed by atoms with van der Waals surface area (Å²) in [6.07, 6.45) is 2.36. The maximum Gasteiger partial charge on any atom is 0.321 e. The first-order valence-corrected chi connectivity index (χ1v) is 11.2. The van der Waals surface area contributed by atoms with Gasteiger partial charge in [-0.1, -0.05) is 48.5 Å². The summed E-state index contributed by atoms with van der Waals surface area (Å²) in [6.45, 7) is 1.72. The Morgan fingerprint density at radius 1 is 0.969 bits per heavy atom. The van der Waals surface area contributed by atoms with Crippen molar-refractivity contribution < 1.29 is 14.4 Å². The van der Waals surface area contributed by atoms with Crippen LogP contribution >= 0.6 is 0 Å². The monoisotopic (exact) mass is 434 g/mol. The van der Waals surface area contributed by atoms with E-state index in [-0.39, 0.29) is 23.8 Å². The lowest BCUT2D eigenvalue weighted by molar-refractivity contribution is -0.139. The van der Waals surface area contributed by atoms with Gasteiger partial charge in [0.1, 0.15) is 6.04 Å². The van der Waals surface area contributed by atoms with E-state index in [1.807, 2.05) is 65.6 Å². The zero-order valence-electron chi connectivity index (χ0n) is 18.2. The van der Waals surface area contributed by atoms with Crippen LogP contribution in [0, 0.1) is 11.8 Å². The molecule has 3 N–H and O–H groups in total. The SMILES string of the molecule is NC(=O)[C@H](Cc1ccccc1)N1CC[C@H]2CN(C(=O)Nc3ccccc3)CC[C@H]2CC1=O. The van der Waals surface area contributed by atoms with Crippen molar-refractivity contribution in [2.24, 2.45) is 17.6 Å². The number of likely N-dealkylation sites (tertiary alicyclic amines) is 2. The van der Waals surface area contributed by atoms with Crippen molar-refractivity contribution in [1.29, 1.82) is 0 Å². The number of primary amides is 1. The molecule has 2 aliphatic rings. The van der Waals surface area contributed by atoms with Gasteiger partial charge in [0.25, 0.3) is 0 Å². The fourth-order valence-electron chi connectivity index (χ4n) is 4.89. The van der Waals surface area contributed by atoms with E-state index in [4.69, 9.17) is 5.73 Å². The molecule has 0 radical (unpaired) electrons. The molecule has 0 saturated carbocycles. The summed E-state index contributed by atoms with van der Waals surface area (Å²) in [5.74, 6) is -0.0432. The van der Waals surface area contributed by atoms with E-state index in [1.165, 1.54) is 0 Å². The van der Waals surface area contributed by atoms with E-state index in [9.17, 15) is 14.4 Å². The molecule has 2 aromatic rings. The molecule has 0 bridgehead atoms. The normalized spacial score (nSPS) is 21.9. The van der Waals surface area contributed by atoms with E-state index in [0.717, 1.165) is 24.1 Å². The number of hydrogen-bond donors (Lipinski definition) is 2. The van der Waals surface area contributed by atoms with Gasteiger partial charge < -0.3 is 20.9 Å². The fourth-order valence-corrected chi connectivity index (χ4v) is 4.89. The first-order chi connectivity index (χ1) is 15.5. The molecule has 2 fully saturated rings. The van der Waals surface area contributed by atoms with Crippen LogP contribution in [0.4, 0.5) is 10.5 Å². The van der Waals surface area contributed by atoms with Gasteiger partial charge in [0.15, 0.2) is 0 Å². The van der Waals surface area contributed by atoms with Crippen LogP contribution in [-0.2, 0) is 16.0 Å². The predicted octanol–water partition coefficient (Wildman–Crippen LogP) is 2.88. The van der Waals surface area contributed by atoms with Crippen molar-refractivity contribution in [3.8, 4) is 0 Å². The highest BCUT2D eigenvalue weighted by Gasteiger charge is 2.39. The van der Waals surface area contributed by atoms with Crippen molar-refractivity contribution in [3.05, 3.63) is 66.2 Å². The van der Waals surface area contributed by atoms with Gasteiger partial charge in [-0.25, -0.2) is 4.79 Å². The van der Waals surface area contributed by atoms with E-state index in [2.05, 4.69) is 5.32 Å². The number of nitrogens with two attached hydrogens (primary N) is 1. The Morgan fingerprint density at radius 3 is 2.31 bits per heavy atom. The Hall–Kier alpha value is -3.35. The number of piperidine rings is 1. The number of urea groups is 1. The van der Waals surface area contributed by atoms with Crippen LogP contribution in [0.15, 0.2) is 60.7 Å². The van der Waals surface area contributed by atoms with Crippen molar-refractivity contribution >= 4 is 23.5 Å². The van der Waals surface area contributed by atoms with E-state index in [0.29, 0.717) is 32.5 Å². The Morgan fingerprint density at radius 2 is 1.62 bits per heavy atom. The number of anilines is 1. The quantitative estimate of drug-likeness (QED) is 0.757. The highest BCUT2D eigenvalue weighted by atomic mass is 16.2. The van der Waals surface area contributed by atoms with Gasteiger partial charge in [-0.15, -0.1) is 0 Å². The van der Waals surface area contributed by atoms with Crippen molar-refractivity contribution in [3.63, 3.8) is 0 Å². The largest absolute Gasteiger partial charge is 0.368 e. The second-order valence-electron chi connectivity index (χ2n) is 8.74. The number of rotatable bonds is 5. The molecule has 7 heteroatoms. The molecule has 2 heterocycles. The molecule has 0 aliphatic carbocycles. The number of fused-ring (bicyclic) bond motifs is 1. The van der Waals surface area contributed by atoms with Crippen molar-refractivity contribution in [1.82, 2.24) is 9.80 Å². The van der Waals surface area contributed by atoms with Crippen LogP contribution in [-0.4, -0.2) is 53.3 Å². The lowest BCUT2D eigenvalue weighted by Crippen LogP contribution is -2.49. The van der Waals surface area contributed by atoms with Crippen molar-refractivity contribution in [2.45, 2.75) is 31.7 Å². The number of nitrogens with one attached hydrogen (secondary N) is 1. The highest BCUT2D eigenvalue weighted by molar-refractivity contribution is 5.89. The van der Waals surface area contributed by atoms with Gasteiger partial charge in [0.2, 0.25) is 11.8 Å². The van der Waals surface area contributed by atoms with Gasteiger partial charge in [-0.3, -0.25) is 9.59 Å². The van der Waals surface area contributed by atoms with Gasteiger partial charge >= 0.3 is 6.03 Å². The Balaban J connectivity index is 1.41. The predicted molar refractivity (Wildman–Crippen MR) is 123 cm³/mol. The smallest absolute Gasteiger partial charge is 0.321 e. The van der Waals surface area contributed by atoms with E-state index >= 15 is 0 Å². The average molecular weight is 435 g/mol. The first kappa shape index (κ1) is 21.9. The Labute approximate surface area is 188 Å². The third-order valence-electron chi connectivity index (χ3n) is 6.68. The Bertz CT molecular complexity index is 950. The zero-order chi connectivity index (χ0) is 22.5. The molecular formula is C25H30N4O3. The summed E-state index contributed by atoms with van der Waals surface area (Å²) in [5, 5.41) is 2.95. The number of benzene rings is 2. The molecule has 2 saturated heterocycles. The lowest BCUT2D eigenvalue weighted by Gasteiger charge is -2.37. The maximum absolute atomic E-state index is 13.1. The Kier molecular flexibility index (Phi) is 6.73. The molecule has 0 aromatic heterocycles. The van der Waals surface area contributed by atoms with Gasteiger partial charge in [-0.2, -0.15) is 0 Å². The second kappa shape index (κ2) is 9.85. The fraction of sp³-hybridized carbons (Fsp3) is 0.400. The molecule has 0 spiro atoms. The summed E-state index contributed by atoms with van der Waals surface area (Å²) in [5.41, 5.74) is 7.47. The summed E-state index contributed by atoms with van der Waals surface area (Å²) < 4.78 is 0. The zero-order valence-corrected chi connectivity index (χ0v) is 18.2. The molecule has 4 rings (SSSR count). The number of carbonyl (C=O) groups excluding carboxylic acids is 3. The molecule has 0 unspecified atom stereocenters. The summed E-state index contributed by atoms with van der Waals surface area (Å²) >= 11 is 0. The topological polar surface area (TPSA) is 95.7 Å². The molecular weight excluding hydrogens is 404 g/mol. The molecule has 2 aliphatic heterocycles. The minimum absolute atomic E-state index is 0.0144. The third-order valence-corrected chi connectivity index (χ3v) is 6.68. The molecule has 4 amide bonds. The number of amides is 4. The third kappa shape index (κ3) is 5.10. The summed E-state index contributed by atoms with van der Waals surface area (Å²) in [4.78, 5) is 41.6. The van der Waals surface area contributed by atoms with Gasteiger partial charge in [-0.05, 0) is 42.4 Å². The lowest BCUT2D eigenvalue weighted by atomic mass is 9.82. The van der Waals surface area contributed by atoms with E-state index < -0.39 is 11.9 Å². The molecule has 7 nitrogen and oxygen atoms in total. The number of hydrogen-bond acceptors (Lipinski definition) is 3. The van der Waals surface area contributed by atoms with Crippen LogP contribution in [0.5, 0.6) is 0 Å². The molecule has 168 valence electrons. The second-order valence-corrected chi connectivity index (χ2v) is 8.74. The minimum Gasteiger partial charge on any atom is -0.368 e. The highest BCUT2D eigenvalue weighted by Crippen LogP contribution is 2.33. The van der Waals surface area contributed by atoms with Crippen LogP contribution in [0.1, 0.15) is 24.8 Å². The van der Waals surface area contributed by atoms with Crippen LogP contribution in [0.25, 0.3) is 0 Å². The van der Waals surface area contributed by atoms with Crippen LogP contribution in [0.2, 0.25) is 0 Å².